The van der Waals surface area contributed by atoms with Crippen LogP contribution in [0.2, 0.25) is 0 Å². The lowest BCUT2D eigenvalue weighted by Crippen LogP contribution is -2.36. The molecule has 0 aliphatic rings. The summed E-state index contributed by atoms with van der Waals surface area (Å²) in [5, 5.41) is 6.84. The molecule has 0 saturated carbocycles. The monoisotopic (exact) mass is 367 g/mol. The number of carbonyl (C=O) groups is 1. The van der Waals surface area contributed by atoms with Gasteiger partial charge in [-0.15, -0.1) is 0 Å². The minimum absolute atomic E-state index is 0.167. The van der Waals surface area contributed by atoms with Crippen molar-refractivity contribution in [1.29, 1.82) is 0 Å². The van der Waals surface area contributed by atoms with Gasteiger partial charge in [-0.2, -0.15) is 5.10 Å². The minimum atomic E-state index is -0.754. The van der Waals surface area contributed by atoms with Gasteiger partial charge in [0.25, 0.3) is 5.56 Å². The Balaban J connectivity index is 1.70. The zero-order valence-corrected chi connectivity index (χ0v) is 14.9. The van der Waals surface area contributed by atoms with Crippen LogP contribution < -0.4 is 10.9 Å². The molecule has 0 saturated heterocycles. The van der Waals surface area contributed by atoms with Gasteiger partial charge in [-0.1, -0.05) is 0 Å². The number of hydrogen-bond acceptors (Lipinski definition) is 5. The Morgan fingerprint density at radius 1 is 1.19 bits per heavy atom. The molecule has 0 aliphatic carbocycles. The molecule has 0 fully saturated rings. The van der Waals surface area contributed by atoms with Gasteiger partial charge < -0.3 is 5.32 Å². The molecule has 7 nitrogen and oxygen atoms in total. The molecular weight excluding hydrogens is 349 g/mol. The smallest absolute Gasteiger partial charge is 0.267 e. The van der Waals surface area contributed by atoms with Crippen molar-refractivity contribution in [2.45, 2.75) is 26.4 Å². The summed E-state index contributed by atoms with van der Waals surface area (Å²) in [5.74, 6) is -0.675. The highest BCUT2D eigenvalue weighted by Gasteiger charge is 2.17. The van der Waals surface area contributed by atoms with Gasteiger partial charge in [0, 0.05) is 11.6 Å². The van der Waals surface area contributed by atoms with E-state index in [1.807, 2.05) is 0 Å². The maximum Gasteiger partial charge on any atom is 0.267 e. The molecule has 0 bridgehead atoms. The third kappa shape index (κ3) is 4.41. The maximum absolute atomic E-state index is 13.1. The maximum atomic E-state index is 13.1. The zero-order valence-electron chi connectivity index (χ0n) is 14.9. The van der Waals surface area contributed by atoms with E-state index >= 15 is 0 Å². The Morgan fingerprint density at radius 2 is 1.93 bits per heavy atom. The van der Waals surface area contributed by atoms with Crippen LogP contribution in [0, 0.1) is 12.7 Å². The number of halogens is 1. The summed E-state index contributed by atoms with van der Waals surface area (Å²) < 4.78 is 14.2. The van der Waals surface area contributed by atoms with Gasteiger partial charge in [0.2, 0.25) is 5.91 Å². The first-order chi connectivity index (χ1) is 12.9. The molecule has 1 unspecified atom stereocenters. The first-order valence-electron chi connectivity index (χ1n) is 8.35. The highest BCUT2D eigenvalue weighted by Crippen LogP contribution is 2.17. The van der Waals surface area contributed by atoms with Gasteiger partial charge in [0.05, 0.1) is 23.6 Å². The topological polar surface area (TPSA) is 89.8 Å². The molecular formula is C19H18FN5O2. The fraction of sp³-hybridized carbons (Fsp3) is 0.211. The molecule has 1 amide bonds. The Labute approximate surface area is 154 Å². The number of rotatable bonds is 5. The van der Waals surface area contributed by atoms with Crippen molar-refractivity contribution in [3.05, 3.63) is 76.4 Å². The van der Waals surface area contributed by atoms with Gasteiger partial charge in [0.15, 0.2) is 0 Å². The molecule has 0 aliphatic heterocycles. The van der Waals surface area contributed by atoms with Crippen LogP contribution in [-0.4, -0.2) is 25.7 Å². The highest BCUT2D eigenvalue weighted by molar-refractivity contribution is 5.79. The molecule has 27 heavy (non-hydrogen) atoms. The third-order valence-corrected chi connectivity index (χ3v) is 4.01. The van der Waals surface area contributed by atoms with Crippen molar-refractivity contribution in [2.24, 2.45) is 0 Å². The summed E-state index contributed by atoms with van der Waals surface area (Å²) in [5.41, 5.74) is 2.27. The second-order valence-electron chi connectivity index (χ2n) is 6.05. The lowest BCUT2D eigenvalue weighted by Gasteiger charge is -2.14. The van der Waals surface area contributed by atoms with Crippen LogP contribution in [-0.2, 0) is 11.3 Å². The van der Waals surface area contributed by atoms with Gasteiger partial charge in [0.1, 0.15) is 18.2 Å². The second kappa shape index (κ2) is 7.86. The Hall–Kier alpha value is -3.42. The first kappa shape index (κ1) is 18.4. The summed E-state index contributed by atoms with van der Waals surface area (Å²) in [6.45, 7) is 3.52. The van der Waals surface area contributed by atoms with E-state index in [9.17, 15) is 14.0 Å². The van der Waals surface area contributed by atoms with Crippen LogP contribution in [0.25, 0.3) is 11.3 Å². The highest BCUT2D eigenvalue weighted by atomic mass is 19.1. The first-order valence-corrected chi connectivity index (χ1v) is 8.35. The summed E-state index contributed by atoms with van der Waals surface area (Å²) in [4.78, 5) is 32.6. The third-order valence-electron chi connectivity index (χ3n) is 4.01. The second-order valence-corrected chi connectivity index (χ2v) is 6.05. The summed E-state index contributed by atoms with van der Waals surface area (Å²) >= 11 is 0. The fourth-order valence-electron chi connectivity index (χ4n) is 2.51. The number of nitrogens with one attached hydrogen (secondary N) is 1. The van der Waals surface area contributed by atoms with E-state index in [1.165, 1.54) is 24.5 Å². The van der Waals surface area contributed by atoms with Crippen molar-refractivity contribution in [2.75, 3.05) is 0 Å². The molecule has 3 aromatic rings. The Kier molecular flexibility index (Phi) is 5.35. The Morgan fingerprint density at radius 3 is 2.67 bits per heavy atom. The van der Waals surface area contributed by atoms with Gasteiger partial charge in [-0.3, -0.25) is 9.59 Å². The standard InChI is InChI=1S/C19H18FN5O2/c1-12-3-8-18(26)25(24-12)13(2)19(27)21-10-16-9-17(23-11-22-16)14-4-6-15(20)7-5-14/h3-9,11,13H,10H2,1-2H3,(H,21,27). The lowest BCUT2D eigenvalue weighted by atomic mass is 10.1. The van der Waals surface area contributed by atoms with E-state index in [-0.39, 0.29) is 23.8 Å². The molecule has 138 valence electrons. The number of aromatic nitrogens is 4. The largest absolute Gasteiger partial charge is 0.349 e. The van der Waals surface area contributed by atoms with Gasteiger partial charge >= 0.3 is 0 Å². The number of amides is 1. The number of nitrogens with zero attached hydrogens (tertiary/aromatic N) is 4. The van der Waals surface area contributed by atoms with Gasteiger partial charge in [-0.05, 0) is 50.2 Å². The molecule has 2 aromatic heterocycles. The van der Waals surface area contributed by atoms with Crippen molar-refractivity contribution in [3.8, 4) is 11.3 Å². The summed E-state index contributed by atoms with van der Waals surface area (Å²) in [6, 6.07) is 9.90. The van der Waals surface area contributed by atoms with E-state index < -0.39 is 6.04 Å². The molecule has 1 atom stereocenters. The SMILES string of the molecule is Cc1ccc(=O)n(C(C)C(=O)NCc2cc(-c3ccc(F)cc3)ncn2)n1. The van der Waals surface area contributed by atoms with E-state index in [2.05, 4.69) is 20.4 Å². The van der Waals surface area contributed by atoms with Crippen molar-refractivity contribution >= 4 is 5.91 Å². The van der Waals surface area contributed by atoms with Crippen LogP contribution in [0.15, 0.2) is 53.6 Å². The molecule has 1 N–H and O–H groups in total. The normalized spacial score (nSPS) is 11.8. The predicted octanol–water partition coefficient (Wildman–Crippen LogP) is 2.03. The van der Waals surface area contributed by atoms with Crippen molar-refractivity contribution in [3.63, 3.8) is 0 Å². The molecule has 2 heterocycles. The van der Waals surface area contributed by atoms with Crippen LogP contribution in [0.1, 0.15) is 24.4 Å². The predicted molar refractivity (Wildman–Crippen MR) is 97.2 cm³/mol. The summed E-state index contributed by atoms with van der Waals surface area (Å²) in [6.07, 6.45) is 1.39. The van der Waals surface area contributed by atoms with E-state index in [0.717, 1.165) is 10.2 Å². The van der Waals surface area contributed by atoms with E-state index in [0.29, 0.717) is 17.1 Å². The average Bonchev–Trinajstić information content (AvgIpc) is 2.68. The number of aryl methyl sites for hydroxylation is 1. The number of hydrogen-bond donors (Lipinski definition) is 1. The van der Waals surface area contributed by atoms with E-state index in [4.69, 9.17) is 0 Å². The van der Waals surface area contributed by atoms with E-state index in [1.54, 1.807) is 38.1 Å². The number of benzene rings is 1. The van der Waals surface area contributed by atoms with Crippen LogP contribution in [0.5, 0.6) is 0 Å². The molecule has 8 heteroatoms. The average molecular weight is 367 g/mol. The Bertz CT molecular complexity index is 1020. The van der Waals surface area contributed by atoms with Gasteiger partial charge in [-0.25, -0.2) is 19.0 Å². The molecule has 3 rings (SSSR count). The van der Waals surface area contributed by atoms with Crippen LogP contribution in [0.4, 0.5) is 4.39 Å². The molecule has 0 radical (unpaired) electrons. The minimum Gasteiger partial charge on any atom is -0.349 e. The molecule has 1 aromatic carbocycles. The van der Waals surface area contributed by atoms with Crippen molar-refractivity contribution < 1.29 is 9.18 Å². The van der Waals surface area contributed by atoms with Crippen LogP contribution >= 0.6 is 0 Å². The lowest BCUT2D eigenvalue weighted by molar-refractivity contribution is -0.124. The fourth-order valence-corrected chi connectivity index (χ4v) is 2.51. The zero-order chi connectivity index (χ0) is 19.4. The molecule has 0 spiro atoms. The summed E-state index contributed by atoms with van der Waals surface area (Å²) in [7, 11) is 0. The van der Waals surface area contributed by atoms with Crippen LogP contribution in [0.3, 0.4) is 0 Å². The quantitative estimate of drug-likeness (QED) is 0.745. The van der Waals surface area contributed by atoms with Crippen molar-refractivity contribution in [1.82, 2.24) is 25.1 Å². The number of carbonyl (C=O) groups excluding carboxylic acids is 1.